The van der Waals surface area contributed by atoms with Gasteiger partial charge in [-0.2, -0.15) is 5.10 Å². The molecule has 0 saturated carbocycles. The van der Waals surface area contributed by atoms with Crippen molar-refractivity contribution in [1.82, 2.24) is 24.9 Å². The molecule has 31 heavy (non-hydrogen) atoms. The molecule has 7 nitrogen and oxygen atoms in total. The smallest absolute Gasteiger partial charge is 0.254 e. The fraction of sp³-hybridized carbons (Fsp3) is 0.217. The van der Waals surface area contributed by atoms with Gasteiger partial charge in [0.2, 0.25) is 0 Å². The standard InChI is InChI=1S/C23H22BrN5O2/c1-3-18-6-7-20-21(16-9-17(24)13-26-12-16)22(19(14-31-2)28-29(18)20)23(30)27-11-15-5-4-8-25-10-15/h4-10,12-13H,3,11,14H2,1-2H3,(H,27,30). The average Bonchev–Trinajstić information content (AvgIpc) is 3.20. The molecule has 0 aliphatic heterocycles. The average molecular weight is 480 g/mol. The summed E-state index contributed by atoms with van der Waals surface area (Å²) in [5.74, 6) is -0.222. The molecule has 0 spiro atoms. The lowest BCUT2D eigenvalue weighted by molar-refractivity contribution is 0.0945. The van der Waals surface area contributed by atoms with E-state index in [0.29, 0.717) is 17.8 Å². The van der Waals surface area contributed by atoms with Gasteiger partial charge < -0.3 is 10.1 Å². The Hall–Kier alpha value is -3.10. The highest BCUT2D eigenvalue weighted by atomic mass is 79.9. The molecule has 0 bridgehead atoms. The maximum absolute atomic E-state index is 13.4. The SMILES string of the molecule is CCc1ccc2c(-c3cncc(Br)c3)c(C(=O)NCc3cccnc3)c(COC)nn12. The third-order valence-electron chi connectivity index (χ3n) is 4.99. The summed E-state index contributed by atoms with van der Waals surface area (Å²) in [4.78, 5) is 21.9. The molecule has 1 N–H and O–H groups in total. The van der Waals surface area contributed by atoms with E-state index in [4.69, 9.17) is 9.84 Å². The first-order valence-corrected chi connectivity index (χ1v) is 10.7. The van der Waals surface area contributed by atoms with E-state index in [1.807, 2.05) is 34.8 Å². The molecule has 4 aromatic rings. The van der Waals surface area contributed by atoms with Gasteiger partial charge in [0.1, 0.15) is 5.69 Å². The highest BCUT2D eigenvalue weighted by Crippen LogP contribution is 2.33. The predicted molar refractivity (Wildman–Crippen MR) is 122 cm³/mol. The van der Waals surface area contributed by atoms with Crippen molar-refractivity contribution in [2.45, 2.75) is 26.5 Å². The zero-order chi connectivity index (χ0) is 21.8. The predicted octanol–water partition coefficient (Wildman–Crippen LogP) is 4.19. The Balaban J connectivity index is 1.89. The summed E-state index contributed by atoms with van der Waals surface area (Å²) in [7, 11) is 1.60. The Morgan fingerprint density at radius 1 is 1.19 bits per heavy atom. The van der Waals surface area contributed by atoms with Gasteiger partial charge in [0.25, 0.3) is 5.91 Å². The molecule has 8 heteroatoms. The number of amides is 1. The minimum atomic E-state index is -0.222. The Bertz CT molecular complexity index is 1220. The molecule has 1 amide bonds. The Kier molecular flexibility index (Phi) is 6.39. The van der Waals surface area contributed by atoms with Crippen molar-refractivity contribution in [3.63, 3.8) is 0 Å². The van der Waals surface area contributed by atoms with Crippen LogP contribution in [0.15, 0.2) is 59.6 Å². The van der Waals surface area contributed by atoms with E-state index in [-0.39, 0.29) is 12.5 Å². The number of fused-ring (bicyclic) bond motifs is 1. The number of ether oxygens (including phenoxy) is 1. The highest BCUT2D eigenvalue weighted by Gasteiger charge is 2.24. The maximum Gasteiger partial charge on any atom is 0.254 e. The van der Waals surface area contributed by atoms with Crippen molar-refractivity contribution >= 4 is 27.4 Å². The number of hydrogen-bond donors (Lipinski definition) is 1. The highest BCUT2D eigenvalue weighted by molar-refractivity contribution is 9.10. The number of carbonyl (C=O) groups is 1. The maximum atomic E-state index is 13.4. The molecule has 0 unspecified atom stereocenters. The first-order valence-electron chi connectivity index (χ1n) is 9.92. The number of rotatable bonds is 7. The number of nitrogens with one attached hydrogen (secondary N) is 1. The number of hydrogen-bond acceptors (Lipinski definition) is 5. The summed E-state index contributed by atoms with van der Waals surface area (Å²) in [6.07, 6.45) is 7.73. The summed E-state index contributed by atoms with van der Waals surface area (Å²) in [6, 6.07) is 9.75. The minimum absolute atomic E-state index is 0.210. The Morgan fingerprint density at radius 3 is 2.77 bits per heavy atom. The van der Waals surface area contributed by atoms with Crippen LogP contribution in [0.2, 0.25) is 0 Å². The van der Waals surface area contributed by atoms with E-state index in [0.717, 1.165) is 38.8 Å². The molecule has 158 valence electrons. The van der Waals surface area contributed by atoms with E-state index >= 15 is 0 Å². The van der Waals surface area contributed by atoms with E-state index in [9.17, 15) is 4.79 Å². The molecular formula is C23H22BrN5O2. The van der Waals surface area contributed by atoms with Crippen molar-refractivity contribution < 1.29 is 9.53 Å². The van der Waals surface area contributed by atoms with E-state index in [1.54, 1.807) is 31.9 Å². The Labute approximate surface area is 188 Å². The van der Waals surface area contributed by atoms with Crippen LogP contribution >= 0.6 is 15.9 Å². The lowest BCUT2D eigenvalue weighted by atomic mass is 9.99. The van der Waals surface area contributed by atoms with Crippen LogP contribution in [0.25, 0.3) is 16.6 Å². The molecule has 4 aromatic heterocycles. The fourth-order valence-electron chi connectivity index (χ4n) is 3.59. The monoisotopic (exact) mass is 479 g/mol. The van der Waals surface area contributed by atoms with Gasteiger partial charge in [0.05, 0.1) is 17.7 Å². The molecule has 0 aliphatic carbocycles. The van der Waals surface area contributed by atoms with Crippen molar-refractivity contribution in [3.05, 3.63) is 82.1 Å². The second kappa shape index (κ2) is 9.36. The normalized spacial score (nSPS) is 11.1. The number of halogens is 1. The number of carbonyl (C=O) groups excluding carboxylic acids is 1. The first kappa shape index (κ1) is 21.1. The van der Waals surface area contributed by atoms with Crippen LogP contribution in [0.3, 0.4) is 0 Å². The van der Waals surface area contributed by atoms with E-state index < -0.39 is 0 Å². The fourth-order valence-corrected chi connectivity index (χ4v) is 3.95. The van der Waals surface area contributed by atoms with Crippen molar-refractivity contribution in [2.24, 2.45) is 0 Å². The molecule has 0 aromatic carbocycles. The molecule has 0 saturated heterocycles. The zero-order valence-electron chi connectivity index (χ0n) is 17.3. The van der Waals surface area contributed by atoms with Crippen LogP contribution in [0, 0.1) is 0 Å². The zero-order valence-corrected chi connectivity index (χ0v) is 18.9. The van der Waals surface area contributed by atoms with Gasteiger partial charge in [0, 0.05) is 59.7 Å². The number of pyridine rings is 2. The summed E-state index contributed by atoms with van der Waals surface area (Å²) in [6.45, 7) is 2.65. The lowest BCUT2D eigenvalue weighted by Gasteiger charge is -2.17. The summed E-state index contributed by atoms with van der Waals surface area (Å²) >= 11 is 3.50. The molecule has 0 fully saturated rings. The van der Waals surface area contributed by atoms with Gasteiger partial charge in [-0.15, -0.1) is 0 Å². The van der Waals surface area contributed by atoms with Crippen LogP contribution in [0.4, 0.5) is 0 Å². The van der Waals surface area contributed by atoms with Gasteiger partial charge in [0.15, 0.2) is 0 Å². The van der Waals surface area contributed by atoms with Gasteiger partial charge in [-0.3, -0.25) is 14.8 Å². The van der Waals surface area contributed by atoms with E-state index in [2.05, 4.69) is 38.1 Å². The summed E-state index contributed by atoms with van der Waals surface area (Å²) in [5.41, 5.74) is 5.48. The topological polar surface area (TPSA) is 81.4 Å². The van der Waals surface area contributed by atoms with Crippen LogP contribution in [0.1, 0.15) is 34.2 Å². The van der Waals surface area contributed by atoms with Crippen molar-refractivity contribution in [3.8, 4) is 11.1 Å². The van der Waals surface area contributed by atoms with Gasteiger partial charge in [-0.1, -0.05) is 13.0 Å². The second-order valence-corrected chi connectivity index (χ2v) is 7.96. The van der Waals surface area contributed by atoms with E-state index in [1.165, 1.54) is 0 Å². The summed E-state index contributed by atoms with van der Waals surface area (Å²) < 4.78 is 8.13. The Morgan fingerprint density at radius 2 is 2.06 bits per heavy atom. The van der Waals surface area contributed by atoms with Crippen LogP contribution in [-0.4, -0.2) is 32.6 Å². The number of nitrogens with zero attached hydrogens (tertiary/aromatic N) is 4. The lowest BCUT2D eigenvalue weighted by Crippen LogP contribution is -2.26. The largest absolute Gasteiger partial charge is 0.378 e. The molecule has 0 aliphatic rings. The molecule has 0 radical (unpaired) electrons. The molecule has 0 atom stereocenters. The van der Waals surface area contributed by atoms with Gasteiger partial charge in [-0.25, -0.2) is 4.52 Å². The van der Waals surface area contributed by atoms with Crippen LogP contribution < -0.4 is 5.32 Å². The van der Waals surface area contributed by atoms with Crippen molar-refractivity contribution in [2.75, 3.05) is 7.11 Å². The van der Waals surface area contributed by atoms with Gasteiger partial charge in [-0.05, 0) is 52.2 Å². The number of aromatic nitrogens is 4. The second-order valence-electron chi connectivity index (χ2n) is 7.04. The first-order chi connectivity index (χ1) is 15.1. The third kappa shape index (κ3) is 4.35. The van der Waals surface area contributed by atoms with Gasteiger partial charge >= 0.3 is 0 Å². The molecule has 4 heterocycles. The third-order valence-corrected chi connectivity index (χ3v) is 5.42. The van der Waals surface area contributed by atoms with Crippen molar-refractivity contribution in [1.29, 1.82) is 0 Å². The van der Waals surface area contributed by atoms with Crippen LogP contribution in [-0.2, 0) is 24.3 Å². The minimum Gasteiger partial charge on any atom is -0.378 e. The molecule has 4 rings (SSSR count). The molecular weight excluding hydrogens is 458 g/mol. The number of methoxy groups -OCH3 is 1. The summed E-state index contributed by atoms with van der Waals surface area (Å²) in [5, 5.41) is 7.78. The van der Waals surface area contributed by atoms with Crippen LogP contribution in [0.5, 0.6) is 0 Å². The quantitative estimate of drug-likeness (QED) is 0.429. The number of aryl methyl sites for hydroxylation is 1.